The van der Waals surface area contributed by atoms with E-state index in [1.807, 2.05) is 30.0 Å². The number of halogens is 1. The van der Waals surface area contributed by atoms with Crippen molar-refractivity contribution >= 4 is 23.2 Å². The van der Waals surface area contributed by atoms with Gasteiger partial charge in [-0.2, -0.15) is 0 Å². The van der Waals surface area contributed by atoms with E-state index in [2.05, 4.69) is 40.1 Å². The molecule has 1 atom stereocenters. The fourth-order valence-corrected chi connectivity index (χ4v) is 4.42. The maximum Gasteiger partial charge on any atom is 0.239 e. The molecule has 27 heavy (non-hydrogen) atoms. The Labute approximate surface area is 166 Å². The fourth-order valence-electron chi connectivity index (χ4n) is 4.16. The van der Waals surface area contributed by atoms with Gasteiger partial charge in [0, 0.05) is 39.3 Å². The Morgan fingerprint density at radius 2 is 1.59 bits per heavy atom. The number of rotatable bonds is 3. The summed E-state index contributed by atoms with van der Waals surface area (Å²) in [5.74, 6) is 0.246. The molecule has 4 nitrogen and oxygen atoms in total. The van der Waals surface area contributed by atoms with Crippen molar-refractivity contribution in [3.8, 4) is 0 Å². The Hall–Kier alpha value is -2.04. The zero-order valence-corrected chi connectivity index (χ0v) is 16.5. The molecule has 1 fully saturated rings. The van der Waals surface area contributed by atoms with Crippen LogP contribution in [0.25, 0.3) is 0 Å². The van der Waals surface area contributed by atoms with E-state index in [4.69, 9.17) is 11.6 Å². The van der Waals surface area contributed by atoms with E-state index in [9.17, 15) is 4.79 Å². The van der Waals surface area contributed by atoms with Crippen LogP contribution in [0, 0.1) is 0 Å². The Bertz CT molecular complexity index is 817. The normalized spacial score (nSPS) is 18.9. The number of carbonyl (C=O) groups excluding carboxylic acids is 1. The van der Waals surface area contributed by atoms with Gasteiger partial charge in [-0.1, -0.05) is 48.0 Å². The molecule has 0 N–H and O–H groups in total. The first-order chi connectivity index (χ1) is 13.1. The lowest BCUT2D eigenvalue weighted by Gasteiger charge is -2.40. The molecule has 1 amide bonds. The second kappa shape index (κ2) is 7.91. The highest BCUT2D eigenvalue weighted by molar-refractivity contribution is 6.33. The highest BCUT2D eigenvalue weighted by atomic mass is 35.5. The van der Waals surface area contributed by atoms with Gasteiger partial charge in [-0.15, -0.1) is 0 Å². The predicted octanol–water partition coefficient (Wildman–Crippen LogP) is 3.44. The largest absolute Gasteiger partial charge is 0.368 e. The van der Waals surface area contributed by atoms with Crippen molar-refractivity contribution in [2.75, 3.05) is 37.6 Å². The summed E-state index contributed by atoms with van der Waals surface area (Å²) in [5.41, 5.74) is 3.75. The van der Waals surface area contributed by atoms with Crippen LogP contribution in [0.2, 0.25) is 5.02 Å². The topological polar surface area (TPSA) is 26.8 Å². The zero-order valence-electron chi connectivity index (χ0n) is 15.8. The molecule has 0 radical (unpaired) electrons. The summed E-state index contributed by atoms with van der Waals surface area (Å²) in [7, 11) is 0. The molecule has 1 saturated heterocycles. The molecule has 0 bridgehead atoms. The molecule has 142 valence electrons. The van der Waals surface area contributed by atoms with Gasteiger partial charge in [-0.05, 0) is 36.6 Å². The number of fused-ring (bicyclic) bond motifs is 1. The van der Waals surface area contributed by atoms with Crippen LogP contribution in [0.4, 0.5) is 5.69 Å². The molecule has 5 heteroatoms. The van der Waals surface area contributed by atoms with Crippen LogP contribution in [-0.4, -0.2) is 54.5 Å². The summed E-state index contributed by atoms with van der Waals surface area (Å²) in [6, 6.07) is 16.4. The van der Waals surface area contributed by atoms with Gasteiger partial charge < -0.3 is 9.80 Å². The Morgan fingerprint density at radius 3 is 2.33 bits per heavy atom. The zero-order chi connectivity index (χ0) is 18.8. The monoisotopic (exact) mass is 383 g/mol. The lowest BCUT2D eigenvalue weighted by molar-refractivity contribution is -0.137. The first-order valence-corrected chi connectivity index (χ1v) is 10.1. The lowest BCUT2D eigenvalue weighted by Crippen LogP contribution is -2.55. The van der Waals surface area contributed by atoms with Crippen LogP contribution < -0.4 is 4.90 Å². The third-order valence-corrected chi connectivity index (χ3v) is 6.17. The molecule has 2 aliphatic rings. The summed E-state index contributed by atoms with van der Waals surface area (Å²) in [6.07, 6.45) is 0.953. The Balaban J connectivity index is 1.36. The average molecular weight is 384 g/mol. The smallest absolute Gasteiger partial charge is 0.239 e. The maximum atomic E-state index is 13.1. The van der Waals surface area contributed by atoms with E-state index < -0.39 is 0 Å². The second-order valence-electron chi connectivity index (χ2n) is 7.43. The number of piperazine rings is 1. The van der Waals surface area contributed by atoms with Crippen LogP contribution in [0.3, 0.4) is 0 Å². The van der Waals surface area contributed by atoms with Crippen molar-refractivity contribution in [1.82, 2.24) is 9.80 Å². The third kappa shape index (κ3) is 3.83. The molecule has 0 spiro atoms. The van der Waals surface area contributed by atoms with E-state index >= 15 is 0 Å². The summed E-state index contributed by atoms with van der Waals surface area (Å²) in [6.45, 7) is 7.15. The number of amides is 1. The van der Waals surface area contributed by atoms with Crippen LogP contribution in [0.15, 0.2) is 48.5 Å². The second-order valence-corrected chi connectivity index (χ2v) is 7.84. The van der Waals surface area contributed by atoms with E-state index in [-0.39, 0.29) is 11.9 Å². The van der Waals surface area contributed by atoms with Gasteiger partial charge in [0.25, 0.3) is 0 Å². The SMILES string of the molecule is C[C@@H](C(=O)N1CCc2ccccc2C1)N1CCN(c2ccccc2Cl)CC1. The molecular weight excluding hydrogens is 358 g/mol. The quantitative estimate of drug-likeness (QED) is 0.812. The number of anilines is 1. The molecule has 2 aromatic rings. The van der Waals surface area contributed by atoms with E-state index in [1.54, 1.807) is 0 Å². The van der Waals surface area contributed by atoms with Crippen LogP contribution in [0.1, 0.15) is 18.1 Å². The molecule has 0 saturated carbocycles. The van der Waals surface area contributed by atoms with Crippen LogP contribution >= 0.6 is 11.6 Å². The molecule has 0 aromatic heterocycles. The Kier molecular flexibility index (Phi) is 5.37. The minimum absolute atomic E-state index is 0.0799. The van der Waals surface area contributed by atoms with E-state index in [0.717, 1.165) is 56.4 Å². The van der Waals surface area contributed by atoms with Gasteiger partial charge in [-0.25, -0.2) is 0 Å². The minimum Gasteiger partial charge on any atom is -0.368 e. The average Bonchev–Trinajstić information content (AvgIpc) is 2.73. The van der Waals surface area contributed by atoms with Gasteiger partial charge >= 0.3 is 0 Å². The van der Waals surface area contributed by atoms with Crippen molar-refractivity contribution in [1.29, 1.82) is 0 Å². The first kappa shape index (κ1) is 18.3. The lowest BCUT2D eigenvalue weighted by atomic mass is 9.99. The van der Waals surface area contributed by atoms with Gasteiger partial charge in [-0.3, -0.25) is 9.69 Å². The van der Waals surface area contributed by atoms with Gasteiger partial charge in [0.2, 0.25) is 5.91 Å². The number of benzene rings is 2. The number of hydrogen-bond acceptors (Lipinski definition) is 3. The van der Waals surface area contributed by atoms with Crippen molar-refractivity contribution in [3.05, 3.63) is 64.7 Å². The highest BCUT2D eigenvalue weighted by Gasteiger charge is 2.30. The maximum absolute atomic E-state index is 13.1. The van der Waals surface area contributed by atoms with Crippen LogP contribution in [-0.2, 0) is 17.8 Å². The number of para-hydroxylation sites is 1. The molecule has 2 aromatic carbocycles. The number of hydrogen-bond donors (Lipinski definition) is 0. The number of carbonyl (C=O) groups is 1. The van der Waals surface area contributed by atoms with E-state index in [1.165, 1.54) is 11.1 Å². The van der Waals surface area contributed by atoms with Gasteiger partial charge in [0.05, 0.1) is 16.8 Å². The minimum atomic E-state index is -0.0799. The van der Waals surface area contributed by atoms with Gasteiger partial charge in [0.1, 0.15) is 0 Å². The summed E-state index contributed by atoms with van der Waals surface area (Å²) < 4.78 is 0. The predicted molar refractivity (Wildman–Crippen MR) is 110 cm³/mol. The van der Waals surface area contributed by atoms with Crippen molar-refractivity contribution < 1.29 is 4.79 Å². The van der Waals surface area contributed by atoms with Crippen molar-refractivity contribution in [2.45, 2.75) is 25.9 Å². The number of nitrogens with zero attached hydrogens (tertiary/aromatic N) is 3. The standard InChI is InChI=1S/C22H26ClN3O/c1-17(22(27)26-11-10-18-6-2-3-7-19(18)16-26)24-12-14-25(15-13-24)21-9-5-4-8-20(21)23/h2-9,17H,10-16H2,1H3/t17-/m0/s1. The van der Waals surface area contributed by atoms with Crippen LogP contribution in [0.5, 0.6) is 0 Å². The van der Waals surface area contributed by atoms with Crippen molar-refractivity contribution in [3.63, 3.8) is 0 Å². The summed E-state index contributed by atoms with van der Waals surface area (Å²) >= 11 is 6.33. The molecular formula is C22H26ClN3O. The van der Waals surface area contributed by atoms with E-state index in [0.29, 0.717) is 0 Å². The molecule has 4 rings (SSSR count). The summed E-state index contributed by atoms with van der Waals surface area (Å²) in [4.78, 5) is 19.7. The summed E-state index contributed by atoms with van der Waals surface area (Å²) in [5, 5.41) is 0.794. The molecule has 2 aliphatic heterocycles. The molecule has 2 heterocycles. The highest BCUT2D eigenvalue weighted by Crippen LogP contribution is 2.27. The third-order valence-electron chi connectivity index (χ3n) is 5.85. The first-order valence-electron chi connectivity index (χ1n) is 9.72. The van der Waals surface area contributed by atoms with Gasteiger partial charge in [0.15, 0.2) is 0 Å². The Morgan fingerprint density at radius 1 is 0.926 bits per heavy atom. The van der Waals surface area contributed by atoms with Crippen molar-refractivity contribution in [2.24, 2.45) is 0 Å². The molecule has 0 aliphatic carbocycles. The fraction of sp³-hybridized carbons (Fsp3) is 0.409. The molecule has 0 unspecified atom stereocenters.